The summed E-state index contributed by atoms with van der Waals surface area (Å²) in [7, 11) is 0. The fourth-order valence-electron chi connectivity index (χ4n) is 6.70. The van der Waals surface area contributed by atoms with Crippen molar-refractivity contribution in [1.29, 1.82) is 0 Å². The van der Waals surface area contributed by atoms with Crippen molar-refractivity contribution >= 4 is 34.4 Å². The number of amides is 2. The molecule has 11 heteroatoms. The van der Waals surface area contributed by atoms with Gasteiger partial charge in [0, 0.05) is 48.7 Å². The number of piperidine rings is 1. The van der Waals surface area contributed by atoms with Crippen LogP contribution in [0.3, 0.4) is 0 Å². The van der Waals surface area contributed by atoms with Crippen LogP contribution in [0.1, 0.15) is 57.4 Å². The van der Waals surface area contributed by atoms with Gasteiger partial charge in [-0.15, -0.1) is 0 Å². The van der Waals surface area contributed by atoms with Crippen molar-refractivity contribution in [3.05, 3.63) is 66.2 Å². The third-order valence-electron chi connectivity index (χ3n) is 8.93. The molecule has 2 atom stereocenters. The quantitative estimate of drug-likeness (QED) is 0.182. The Balaban J connectivity index is 1.26. The maximum absolute atomic E-state index is 15.2. The summed E-state index contributed by atoms with van der Waals surface area (Å²) in [5.41, 5.74) is 2.15. The van der Waals surface area contributed by atoms with Crippen molar-refractivity contribution in [2.75, 3.05) is 23.7 Å². The van der Waals surface area contributed by atoms with E-state index >= 15 is 4.39 Å². The van der Waals surface area contributed by atoms with Crippen molar-refractivity contribution in [2.24, 2.45) is 11.8 Å². The number of rotatable bonds is 8. The van der Waals surface area contributed by atoms with E-state index < -0.39 is 11.9 Å². The third-order valence-corrected chi connectivity index (χ3v) is 8.93. The number of likely N-dealkylation sites (tertiary alicyclic amines) is 1. The summed E-state index contributed by atoms with van der Waals surface area (Å²) < 4.78 is 21.6. The molecule has 0 radical (unpaired) electrons. The highest BCUT2D eigenvalue weighted by molar-refractivity contribution is 6.04. The van der Waals surface area contributed by atoms with Crippen molar-refractivity contribution < 1.29 is 23.8 Å². The van der Waals surface area contributed by atoms with Crippen LogP contribution in [0.2, 0.25) is 0 Å². The molecule has 2 aromatic heterocycles. The van der Waals surface area contributed by atoms with Crippen LogP contribution in [0.4, 0.5) is 20.8 Å². The molecule has 10 nitrogen and oxygen atoms in total. The lowest BCUT2D eigenvalue weighted by molar-refractivity contribution is -0.117. The van der Waals surface area contributed by atoms with Crippen LogP contribution in [-0.4, -0.2) is 56.1 Å². The summed E-state index contributed by atoms with van der Waals surface area (Å²) in [5.74, 6) is 1.03. The number of benzene rings is 2. The Bertz CT molecular complexity index is 1740. The molecule has 2 fully saturated rings. The second kappa shape index (κ2) is 13.7. The molecule has 2 aliphatic rings. The van der Waals surface area contributed by atoms with Gasteiger partial charge in [0.1, 0.15) is 11.6 Å². The molecule has 0 spiro atoms. The van der Waals surface area contributed by atoms with E-state index in [1.807, 2.05) is 26.0 Å². The molecule has 2 amide bonds. The number of aryl methyl sites for hydroxylation is 1. The monoisotopic (exact) mass is 626 g/mol. The molecule has 1 aliphatic carbocycles. The average Bonchev–Trinajstić information content (AvgIpc) is 3.04. The van der Waals surface area contributed by atoms with Gasteiger partial charge in [-0.1, -0.05) is 38.3 Å². The molecule has 46 heavy (non-hydrogen) atoms. The van der Waals surface area contributed by atoms with E-state index in [1.54, 1.807) is 36.7 Å². The van der Waals surface area contributed by atoms with Crippen molar-refractivity contribution in [1.82, 2.24) is 19.9 Å². The molecule has 0 bridgehead atoms. The molecule has 1 saturated carbocycles. The molecule has 3 heterocycles. The molecule has 1 aliphatic heterocycles. The summed E-state index contributed by atoms with van der Waals surface area (Å²) in [6, 6.07) is 11.9. The molecular formula is C35H39FN6O4. The first-order valence-corrected chi connectivity index (χ1v) is 16.0. The molecule has 2 aromatic carbocycles. The number of carboxylic acid groups (broad SMARTS) is 1. The van der Waals surface area contributed by atoms with Crippen LogP contribution in [0.5, 0.6) is 11.6 Å². The summed E-state index contributed by atoms with van der Waals surface area (Å²) >= 11 is 0. The number of hydrogen-bond acceptors (Lipinski definition) is 7. The van der Waals surface area contributed by atoms with E-state index in [1.165, 1.54) is 17.4 Å². The van der Waals surface area contributed by atoms with Crippen LogP contribution in [0.15, 0.2) is 54.9 Å². The van der Waals surface area contributed by atoms with E-state index in [0.717, 1.165) is 37.7 Å². The average molecular weight is 627 g/mol. The summed E-state index contributed by atoms with van der Waals surface area (Å²) in [4.78, 5) is 39.6. The number of fused-ring (bicyclic) bond motifs is 1. The van der Waals surface area contributed by atoms with Crippen LogP contribution >= 0.6 is 0 Å². The predicted octanol–water partition coefficient (Wildman–Crippen LogP) is 7.64. The topological polar surface area (TPSA) is 130 Å². The van der Waals surface area contributed by atoms with Gasteiger partial charge in [-0.2, -0.15) is 0 Å². The molecule has 1 saturated heterocycles. The second-order valence-electron chi connectivity index (χ2n) is 12.6. The Kier molecular flexibility index (Phi) is 9.28. The van der Waals surface area contributed by atoms with Gasteiger partial charge in [-0.3, -0.25) is 4.79 Å². The maximum atomic E-state index is 15.2. The fraction of sp³-hybridized carbons (Fsp3) is 0.400. The number of carbonyl (C=O) groups excluding carboxylic acids is 1. The number of ether oxygens (including phenoxy) is 1. The van der Waals surface area contributed by atoms with Crippen molar-refractivity contribution in [2.45, 2.75) is 64.8 Å². The van der Waals surface area contributed by atoms with Gasteiger partial charge >= 0.3 is 6.09 Å². The number of aromatic nitrogens is 3. The maximum Gasteiger partial charge on any atom is 0.407 e. The highest BCUT2D eigenvalue weighted by Crippen LogP contribution is 2.40. The lowest BCUT2D eigenvalue weighted by Crippen LogP contribution is -2.47. The minimum absolute atomic E-state index is 0.129. The number of nitrogens with zero attached hydrogens (tertiary/aromatic N) is 4. The molecule has 6 rings (SSSR count). The summed E-state index contributed by atoms with van der Waals surface area (Å²) in [5, 5.41) is 16.9. The Morgan fingerprint density at radius 1 is 1.02 bits per heavy atom. The first kappa shape index (κ1) is 31.2. The Morgan fingerprint density at radius 2 is 1.83 bits per heavy atom. The molecular weight excluding hydrogens is 587 g/mol. The van der Waals surface area contributed by atoms with Gasteiger partial charge in [-0.05, 0) is 73.9 Å². The lowest BCUT2D eigenvalue weighted by atomic mass is 9.87. The van der Waals surface area contributed by atoms with Gasteiger partial charge in [-0.25, -0.2) is 24.1 Å². The largest absolute Gasteiger partial charge is 0.465 e. The zero-order chi connectivity index (χ0) is 32.2. The second-order valence-corrected chi connectivity index (χ2v) is 12.6. The minimum atomic E-state index is -0.939. The van der Waals surface area contributed by atoms with Gasteiger partial charge in [0.15, 0.2) is 0 Å². The van der Waals surface area contributed by atoms with Crippen LogP contribution in [-0.2, 0) is 4.79 Å². The summed E-state index contributed by atoms with van der Waals surface area (Å²) in [6.07, 6.45) is 9.03. The molecule has 240 valence electrons. The standard InChI is InChI=1S/C35H39FN6O4/c1-21-17-24(20-42(19-21)35(44)45)39-34-38-16-14-29(40-34)27-9-6-15-37-33(27)46-32-22(2)10-11-25-26(32)12-13-28(36)31(25)41-30(43)18-23-7-4-3-5-8-23/h6,9-16,21,23-24H,3-5,7-8,17-20H2,1-2H3,(H,41,43)(H,44,45)(H,38,39,40). The Hall–Kier alpha value is -4.80. The van der Waals surface area contributed by atoms with Gasteiger partial charge in [0.05, 0.1) is 16.9 Å². The zero-order valence-electron chi connectivity index (χ0n) is 26.1. The van der Waals surface area contributed by atoms with Gasteiger partial charge < -0.3 is 25.4 Å². The normalized spacial score (nSPS) is 18.7. The van der Waals surface area contributed by atoms with Gasteiger partial charge in [0.25, 0.3) is 0 Å². The number of nitrogens with one attached hydrogen (secondary N) is 2. The van der Waals surface area contributed by atoms with E-state index in [-0.39, 0.29) is 23.6 Å². The van der Waals surface area contributed by atoms with E-state index in [9.17, 15) is 14.7 Å². The van der Waals surface area contributed by atoms with E-state index in [2.05, 4.69) is 20.6 Å². The summed E-state index contributed by atoms with van der Waals surface area (Å²) in [6.45, 7) is 4.77. The van der Waals surface area contributed by atoms with Crippen molar-refractivity contribution in [3.63, 3.8) is 0 Å². The number of carbonyl (C=O) groups is 2. The highest BCUT2D eigenvalue weighted by atomic mass is 19.1. The Labute approximate surface area is 267 Å². The smallest absolute Gasteiger partial charge is 0.407 e. The van der Waals surface area contributed by atoms with Crippen LogP contribution in [0, 0.1) is 24.6 Å². The van der Waals surface area contributed by atoms with Gasteiger partial charge in [0.2, 0.25) is 17.7 Å². The van der Waals surface area contributed by atoms with Crippen LogP contribution in [0.25, 0.3) is 22.0 Å². The van der Waals surface area contributed by atoms with E-state index in [4.69, 9.17) is 9.72 Å². The highest BCUT2D eigenvalue weighted by Gasteiger charge is 2.28. The number of pyridine rings is 1. The van der Waals surface area contributed by atoms with E-state index in [0.29, 0.717) is 65.0 Å². The first-order valence-electron chi connectivity index (χ1n) is 16.0. The predicted molar refractivity (Wildman–Crippen MR) is 175 cm³/mol. The zero-order valence-corrected chi connectivity index (χ0v) is 26.1. The lowest BCUT2D eigenvalue weighted by Gasteiger charge is -2.35. The number of hydrogen-bond donors (Lipinski definition) is 3. The van der Waals surface area contributed by atoms with Crippen molar-refractivity contribution in [3.8, 4) is 22.9 Å². The minimum Gasteiger partial charge on any atom is -0.465 e. The number of halogens is 1. The molecule has 4 aromatic rings. The Morgan fingerprint density at radius 3 is 2.63 bits per heavy atom. The fourth-order valence-corrected chi connectivity index (χ4v) is 6.70. The molecule has 2 unspecified atom stereocenters. The van der Waals surface area contributed by atoms with Crippen LogP contribution < -0.4 is 15.4 Å². The molecule has 3 N–H and O–H groups in total. The third kappa shape index (κ3) is 7.03. The first-order chi connectivity index (χ1) is 22.2. The number of anilines is 2. The SMILES string of the molecule is Cc1ccc2c(NC(=O)CC3CCCCC3)c(F)ccc2c1Oc1ncccc1-c1ccnc(NC2CC(C)CN(C(=O)O)C2)n1.